The first kappa shape index (κ1) is 17.2. The molecule has 0 aliphatic carbocycles. The van der Waals surface area contributed by atoms with Gasteiger partial charge in [0.15, 0.2) is 5.82 Å². The van der Waals surface area contributed by atoms with E-state index in [2.05, 4.69) is 14.4 Å². The molecule has 0 atom stereocenters. The number of aromatic nitrogens is 1. The van der Waals surface area contributed by atoms with Crippen LogP contribution in [0.1, 0.15) is 0 Å². The number of H-pyrrole nitrogens is 1. The molecule has 0 bridgehead atoms. The van der Waals surface area contributed by atoms with Gasteiger partial charge in [-0.1, -0.05) is 30.3 Å². The topological polar surface area (TPSA) is 37.0 Å². The molecule has 0 fully saturated rings. The largest absolute Gasteiger partial charge is 0.573 e. The highest BCUT2D eigenvalue weighted by Crippen LogP contribution is 2.30. The second kappa shape index (κ2) is 7.10. The standard InChI is InChI=1S/C17H12F4N2OS/c18-14-8-12(24-17(19,20)21)6-7-15(14)23-25-13-9-16(22-10-13)11-4-2-1-3-5-11/h1-10,22-23H. The molecule has 1 aromatic heterocycles. The monoisotopic (exact) mass is 368 g/mol. The Balaban J connectivity index is 1.65. The zero-order valence-electron chi connectivity index (χ0n) is 12.6. The molecule has 130 valence electrons. The van der Waals surface area contributed by atoms with E-state index >= 15 is 0 Å². The predicted molar refractivity (Wildman–Crippen MR) is 88.8 cm³/mol. The molecule has 3 rings (SSSR count). The summed E-state index contributed by atoms with van der Waals surface area (Å²) < 4.78 is 56.7. The summed E-state index contributed by atoms with van der Waals surface area (Å²) in [7, 11) is 0. The number of anilines is 1. The van der Waals surface area contributed by atoms with Gasteiger partial charge in [0, 0.05) is 22.9 Å². The molecule has 3 aromatic rings. The maximum absolute atomic E-state index is 13.9. The van der Waals surface area contributed by atoms with Crippen LogP contribution in [0.3, 0.4) is 0 Å². The van der Waals surface area contributed by atoms with Gasteiger partial charge in [0.2, 0.25) is 0 Å². The highest BCUT2D eigenvalue weighted by atomic mass is 32.2. The number of rotatable bonds is 5. The van der Waals surface area contributed by atoms with Crippen molar-refractivity contribution in [2.45, 2.75) is 11.3 Å². The van der Waals surface area contributed by atoms with Crippen LogP contribution in [0.25, 0.3) is 11.3 Å². The number of hydrogen-bond donors (Lipinski definition) is 2. The van der Waals surface area contributed by atoms with Crippen molar-refractivity contribution in [2.75, 3.05) is 4.72 Å². The van der Waals surface area contributed by atoms with Gasteiger partial charge in [-0.05, 0) is 35.7 Å². The Morgan fingerprint density at radius 1 is 1.00 bits per heavy atom. The zero-order valence-corrected chi connectivity index (χ0v) is 13.4. The van der Waals surface area contributed by atoms with Crippen molar-refractivity contribution < 1.29 is 22.3 Å². The van der Waals surface area contributed by atoms with Crippen LogP contribution in [-0.4, -0.2) is 11.3 Å². The maximum Gasteiger partial charge on any atom is 0.573 e. The summed E-state index contributed by atoms with van der Waals surface area (Å²) in [6.07, 6.45) is -3.10. The van der Waals surface area contributed by atoms with Crippen LogP contribution < -0.4 is 9.46 Å². The molecule has 3 nitrogen and oxygen atoms in total. The Hall–Kier alpha value is -2.61. The lowest BCUT2D eigenvalue weighted by molar-refractivity contribution is -0.274. The van der Waals surface area contributed by atoms with Crippen LogP contribution in [0.2, 0.25) is 0 Å². The summed E-state index contributed by atoms with van der Waals surface area (Å²) in [6, 6.07) is 14.5. The van der Waals surface area contributed by atoms with Crippen molar-refractivity contribution in [3.8, 4) is 17.0 Å². The second-order valence-corrected chi connectivity index (χ2v) is 5.89. The van der Waals surface area contributed by atoms with E-state index in [4.69, 9.17) is 0 Å². The van der Waals surface area contributed by atoms with E-state index in [1.165, 1.54) is 6.07 Å². The molecule has 2 N–H and O–H groups in total. The minimum absolute atomic E-state index is 0.0574. The normalized spacial score (nSPS) is 11.4. The Morgan fingerprint density at radius 3 is 2.44 bits per heavy atom. The zero-order chi connectivity index (χ0) is 17.9. The minimum atomic E-state index is -4.85. The number of nitrogens with one attached hydrogen (secondary N) is 2. The molecule has 8 heteroatoms. The van der Waals surface area contributed by atoms with Gasteiger partial charge in [0.05, 0.1) is 5.69 Å². The van der Waals surface area contributed by atoms with Crippen LogP contribution in [0, 0.1) is 5.82 Å². The molecule has 0 unspecified atom stereocenters. The Labute approximate surface area is 145 Å². The molecule has 0 aliphatic heterocycles. The average Bonchev–Trinajstić information content (AvgIpc) is 3.02. The van der Waals surface area contributed by atoms with Crippen molar-refractivity contribution in [2.24, 2.45) is 0 Å². The summed E-state index contributed by atoms with van der Waals surface area (Å²) in [6.45, 7) is 0. The highest BCUT2D eigenvalue weighted by molar-refractivity contribution is 8.00. The maximum atomic E-state index is 13.9. The molecule has 0 saturated carbocycles. The van der Waals surface area contributed by atoms with Gasteiger partial charge in [0.1, 0.15) is 5.75 Å². The van der Waals surface area contributed by atoms with E-state index in [0.29, 0.717) is 6.07 Å². The van der Waals surface area contributed by atoms with Gasteiger partial charge in [-0.15, -0.1) is 13.2 Å². The lowest BCUT2D eigenvalue weighted by atomic mass is 10.2. The van der Waals surface area contributed by atoms with E-state index in [0.717, 1.165) is 34.2 Å². The molecule has 0 saturated heterocycles. The van der Waals surface area contributed by atoms with E-state index in [-0.39, 0.29) is 5.69 Å². The van der Waals surface area contributed by atoms with Gasteiger partial charge in [-0.3, -0.25) is 0 Å². The summed E-state index contributed by atoms with van der Waals surface area (Å²) in [5, 5.41) is 0. The molecule has 0 radical (unpaired) electrons. The lowest BCUT2D eigenvalue weighted by Crippen LogP contribution is -2.17. The SMILES string of the molecule is Fc1cc(OC(F)(F)F)ccc1NSc1c[nH]c(-c2ccccc2)c1. The van der Waals surface area contributed by atoms with Gasteiger partial charge < -0.3 is 14.4 Å². The summed E-state index contributed by atoms with van der Waals surface area (Å²) >= 11 is 1.14. The van der Waals surface area contributed by atoms with E-state index in [1.54, 1.807) is 6.20 Å². The van der Waals surface area contributed by atoms with E-state index in [9.17, 15) is 17.6 Å². The number of benzene rings is 2. The Bertz CT molecular complexity index is 849. The van der Waals surface area contributed by atoms with Crippen LogP contribution in [0.15, 0.2) is 65.7 Å². The fourth-order valence-corrected chi connectivity index (χ4v) is 2.80. The highest BCUT2D eigenvalue weighted by Gasteiger charge is 2.31. The van der Waals surface area contributed by atoms with Crippen LogP contribution in [0.5, 0.6) is 5.75 Å². The van der Waals surface area contributed by atoms with Crippen molar-refractivity contribution in [1.29, 1.82) is 0 Å². The van der Waals surface area contributed by atoms with Crippen molar-refractivity contribution in [1.82, 2.24) is 4.98 Å². The molecule has 0 aliphatic rings. The fraction of sp³-hybridized carbons (Fsp3) is 0.0588. The first-order valence-electron chi connectivity index (χ1n) is 7.13. The Kier molecular flexibility index (Phi) is 4.89. The number of halogens is 4. The number of aromatic amines is 1. The molecular weight excluding hydrogens is 356 g/mol. The fourth-order valence-electron chi connectivity index (χ4n) is 2.11. The number of hydrogen-bond acceptors (Lipinski definition) is 3. The molecule has 0 amide bonds. The van der Waals surface area contributed by atoms with Gasteiger partial charge in [-0.25, -0.2) is 4.39 Å². The van der Waals surface area contributed by atoms with Gasteiger partial charge >= 0.3 is 6.36 Å². The lowest BCUT2D eigenvalue weighted by Gasteiger charge is -2.10. The van der Waals surface area contributed by atoms with Gasteiger partial charge in [-0.2, -0.15) is 0 Å². The minimum Gasteiger partial charge on any atom is -0.406 e. The van der Waals surface area contributed by atoms with Crippen molar-refractivity contribution in [3.05, 3.63) is 66.6 Å². The Morgan fingerprint density at radius 2 is 1.76 bits per heavy atom. The van der Waals surface area contributed by atoms with Crippen LogP contribution >= 0.6 is 11.9 Å². The van der Waals surface area contributed by atoms with Crippen molar-refractivity contribution in [3.63, 3.8) is 0 Å². The van der Waals surface area contributed by atoms with Gasteiger partial charge in [0.25, 0.3) is 0 Å². The van der Waals surface area contributed by atoms with E-state index in [1.807, 2.05) is 36.4 Å². The molecule has 25 heavy (non-hydrogen) atoms. The first-order chi connectivity index (χ1) is 11.9. The molecule has 2 aromatic carbocycles. The summed E-state index contributed by atoms with van der Waals surface area (Å²) in [4.78, 5) is 3.91. The van der Waals surface area contributed by atoms with Crippen molar-refractivity contribution >= 4 is 17.6 Å². The van der Waals surface area contributed by atoms with Crippen LogP contribution in [-0.2, 0) is 0 Å². The third kappa shape index (κ3) is 4.69. The first-order valence-corrected chi connectivity index (χ1v) is 7.94. The summed E-state index contributed by atoms with van der Waals surface area (Å²) in [5.41, 5.74) is 1.97. The quantitative estimate of drug-likeness (QED) is 0.439. The molecule has 0 spiro atoms. The number of alkyl halides is 3. The average molecular weight is 368 g/mol. The third-order valence-electron chi connectivity index (χ3n) is 3.19. The van der Waals surface area contributed by atoms with Crippen LogP contribution in [0.4, 0.5) is 23.2 Å². The third-order valence-corrected chi connectivity index (χ3v) is 3.99. The second-order valence-electron chi connectivity index (χ2n) is 5.01. The molecule has 1 heterocycles. The molecular formula is C17H12F4N2OS. The number of ether oxygens (including phenoxy) is 1. The predicted octanol–water partition coefficient (Wildman–Crippen LogP) is 5.84. The summed E-state index contributed by atoms with van der Waals surface area (Å²) in [5.74, 6) is -1.44. The smallest absolute Gasteiger partial charge is 0.406 e. The van der Waals surface area contributed by atoms with E-state index < -0.39 is 17.9 Å².